The first-order chi connectivity index (χ1) is 32.3. The fourth-order valence-electron chi connectivity index (χ4n) is 6.78. The molecule has 4 heterocycles. The zero-order chi connectivity index (χ0) is 49.4. The lowest BCUT2D eigenvalue weighted by Gasteiger charge is -2.29. The van der Waals surface area contributed by atoms with Crippen LogP contribution >= 0.6 is 34.2 Å². The molecular weight excluding hydrogens is 1050 g/mol. The summed E-state index contributed by atoms with van der Waals surface area (Å²) >= 11 is 7.80. The van der Waals surface area contributed by atoms with E-state index in [0.717, 1.165) is 41.3 Å². The molecule has 1 aliphatic carbocycles. The average molecular weight is 1090 g/mol. The molecule has 68 heavy (non-hydrogen) atoms. The third-order valence-corrected chi connectivity index (χ3v) is 12.1. The van der Waals surface area contributed by atoms with E-state index in [1.807, 2.05) is 22.6 Å². The Morgan fingerprint density at radius 2 is 1.71 bits per heavy atom. The number of hydrogen-bond donors (Lipinski definition) is 4. The molecule has 2 aromatic heterocycles. The number of sulfonamides is 1. The largest absolute Gasteiger partial charge is 0.481 e. The van der Waals surface area contributed by atoms with Crippen LogP contribution in [0.15, 0.2) is 76.8 Å². The van der Waals surface area contributed by atoms with Crippen molar-refractivity contribution in [2.45, 2.75) is 37.5 Å². The maximum absolute atomic E-state index is 14.7. The van der Waals surface area contributed by atoms with E-state index in [9.17, 15) is 41.6 Å². The Hall–Kier alpha value is -7.50. The van der Waals surface area contributed by atoms with Gasteiger partial charge in [-0.2, -0.15) is 15.0 Å². The average Bonchev–Trinajstić information content (AvgIpc) is 3.55. The van der Waals surface area contributed by atoms with Crippen LogP contribution < -0.4 is 34.0 Å². The number of carboxylic acids is 2. The Labute approximate surface area is 403 Å². The summed E-state index contributed by atoms with van der Waals surface area (Å²) in [7, 11) is -3.14. The number of terminal acetylenes is 1. The van der Waals surface area contributed by atoms with Crippen LogP contribution in [0.4, 0.5) is 26.5 Å². The van der Waals surface area contributed by atoms with E-state index >= 15 is 0 Å². The van der Waals surface area contributed by atoms with Crippen molar-refractivity contribution in [3.05, 3.63) is 97.7 Å². The molecule has 0 unspecified atom stereocenters. The monoisotopic (exact) mass is 1080 g/mol. The number of aryl methyl sites for hydroxylation is 1. The number of benzene rings is 3. The molecule has 4 N–H and O–H groups in total. The van der Waals surface area contributed by atoms with Crippen molar-refractivity contribution in [3.8, 4) is 29.9 Å². The lowest BCUT2D eigenvalue weighted by molar-refractivity contribution is -0.139. The Morgan fingerprint density at radius 3 is 2.35 bits per heavy atom. The van der Waals surface area contributed by atoms with Gasteiger partial charge >= 0.3 is 24.0 Å². The Bertz CT molecular complexity index is 3070. The summed E-state index contributed by atoms with van der Waals surface area (Å²) in [4.78, 5) is 88.1. The zero-order valence-corrected chi connectivity index (χ0v) is 39.1. The summed E-state index contributed by atoms with van der Waals surface area (Å²) < 4.78 is 56.8. The number of aromatic carboxylic acids is 1. The molecule has 8 rings (SSSR count). The number of rotatable bonds is 10. The molecule has 5 amide bonds. The first-order valence-electron chi connectivity index (χ1n) is 19.7. The summed E-state index contributed by atoms with van der Waals surface area (Å²) in [6.45, 7) is 0.865. The van der Waals surface area contributed by atoms with Gasteiger partial charge in [0, 0.05) is 32.4 Å². The highest BCUT2D eigenvalue weighted by Crippen LogP contribution is 2.42. The molecule has 0 bridgehead atoms. The maximum Gasteiger partial charge on any atom is 0.341 e. The van der Waals surface area contributed by atoms with Crippen molar-refractivity contribution >= 4 is 108 Å². The van der Waals surface area contributed by atoms with Crippen LogP contribution in [0, 0.1) is 28.7 Å². The third kappa shape index (κ3) is 11.4. The number of halogens is 3. The van der Waals surface area contributed by atoms with Crippen molar-refractivity contribution < 1.29 is 66.0 Å². The number of amides is 5. The molecule has 25 heteroatoms. The highest BCUT2D eigenvalue weighted by Gasteiger charge is 2.42. The molecule has 0 spiro atoms. The Kier molecular flexibility index (Phi) is 15.7. The summed E-state index contributed by atoms with van der Waals surface area (Å²) in [5.41, 5.74) is 1.09. The van der Waals surface area contributed by atoms with E-state index in [2.05, 4.69) is 31.2 Å². The topological polar surface area (TPSA) is 287 Å². The van der Waals surface area contributed by atoms with Gasteiger partial charge in [0.2, 0.25) is 5.95 Å². The SMILES string of the molecule is C#CCN1C(=O)COc2cc(F)c(N3C(=O)C4=C(CCCC4)C3=O)cc21.COc1nc(C)nc(NC(=O)NS(=O)(=O)c2cc(I)ccc2C(=O)O)n1.O=C(O)COc1ccc(Cl)c2cccnc12. The van der Waals surface area contributed by atoms with Crippen LogP contribution in [-0.2, 0) is 29.2 Å². The number of urea groups is 1. The van der Waals surface area contributed by atoms with E-state index < -0.39 is 62.7 Å². The second-order valence-corrected chi connectivity index (χ2v) is 17.5. The molecule has 2 aliphatic heterocycles. The number of fused-ring (bicyclic) bond motifs is 2. The van der Waals surface area contributed by atoms with Crippen molar-refractivity contribution in [2.75, 3.05) is 42.0 Å². The Morgan fingerprint density at radius 1 is 1.00 bits per heavy atom. The van der Waals surface area contributed by atoms with E-state index in [1.54, 1.807) is 35.2 Å². The van der Waals surface area contributed by atoms with Crippen LogP contribution in [0.5, 0.6) is 17.5 Å². The van der Waals surface area contributed by atoms with Gasteiger partial charge in [-0.05, 0) is 104 Å². The second-order valence-electron chi connectivity index (χ2n) is 14.2. The van der Waals surface area contributed by atoms with Crippen molar-refractivity contribution in [3.63, 3.8) is 0 Å². The van der Waals surface area contributed by atoms with Gasteiger partial charge in [-0.25, -0.2) is 36.8 Å². The minimum absolute atomic E-state index is 0.0170. The number of ether oxygens (including phenoxy) is 3. The lowest BCUT2D eigenvalue weighted by Crippen LogP contribution is -2.39. The van der Waals surface area contributed by atoms with Crippen LogP contribution in [0.2, 0.25) is 5.02 Å². The molecule has 0 fully saturated rings. The zero-order valence-electron chi connectivity index (χ0n) is 35.4. The fraction of sp³-hybridized carbons (Fsp3) is 0.209. The number of hydrogen-bond acceptors (Lipinski definition) is 15. The van der Waals surface area contributed by atoms with Crippen molar-refractivity contribution in [1.82, 2.24) is 24.7 Å². The highest BCUT2D eigenvalue weighted by molar-refractivity contribution is 14.1. The quantitative estimate of drug-likeness (QED) is 0.0786. The molecule has 0 saturated heterocycles. The van der Waals surface area contributed by atoms with Crippen LogP contribution in [-0.4, -0.2) is 101 Å². The molecule has 3 aromatic carbocycles. The standard InChI is InChI=1S/C19H15FN2O4.C13H12IN5O6S.C11H8ClNO3/c1-2-7-21-15-9-14(13(20)8-16(15)26-10-17(21)23)22-18(24)11-5-3-4-6-12(11)19(22)25;1-6-15-11(18-13(16-6)25-2)17-12(22)19-26(23,24)9-5-7(14)3-4-8(9)10(20)21;12-8-3-4-9(16-6-10(14)15)11-7(8)2-1-5-13-11/h1,8-9H,3-7,10H2;3-5H,1-2H3,(H,20,21)(H2,15,16,17,18,19,22);1-5H,6H2,(H,14,15). The smallest absolute Gasteiger partial charge is 0.341 e. The van der Waals surface area contributed by atoms with Gasteiger partial charge in [0.1, 0.15) is 27.7 Å². The first-order valence-corrected chi connectivity index (χ1v) is 22.6. The maximum atomic E-state index is 14.7. The minimum Gasteiger partial charge on any atom is -0.481 e. The number of anilines is 3. The summed E-state index contributed by atoms with van der Waals surface area (Å²) in [5, 5.41) is 21.1. The molecule has 0 atom stereocenters. The fourth-order valence-corrected chi connectivity index (χ4v) is 8.83. The number of nitrogens with one attached hydrogen (secondary N) is 2. The highest BCUT2D eigenvalue weighted by atomic mass is 127. The van der Waals surface area contributed by atoms with Crippen LogP contribution in [0.3, 0.4) is 0 Å². The number of pyridine rings is 1. The minimum atomic E-state index is -4.45. The van der Waals surface area contributed by atoms with Gasteiger partial charge in [0.25, 0.3) is 27.7 Å². The van der Waals surface area contributed by atoms with Gasteiger partial charge in [-0.1, -0.05) is 17.5 Å². The predicted octanol–water partition coefficient (Wildman–Crippen LogP) is 5.28. The van der Waals surface area contributed by atoms with Crippen molar-refractivity contribution in [1.29, 1.82) is 0 Å². The van der Waals surface area contributed by atoms with Gasteiger partial charge in [0.15, 0.2) is 19.0 Å². The van der Waals surface area contributed by atoms with E-state index in [-0.39, 0.29) is 54.0 Å². The molecule has 352 valence electrons. The number of aromatic nitrogens is 4. The van der Waals surface area contributed by atoms with Gasteiger partial charge < -0.3 is 24.4 Å². The lowest BCUT2D eigenvalue weighted by atomic mass is 9.93. The summed E-state index contributed by atoms with van der Waals surface area (Å²) in [6, 6.07) is 11.7. The number of nitrogens with zero attached hydrogens (tertiary/aromatic N) is 6. The van der Waals surface area contributed by atoms with Crippen LogP contribution in [0.1, 0.15) is 41.9 Å². The number of carbonyl (C=O) groups excluding carboxylic acids is 4. The molecule has 5 aromatic rings. The first kappa shape index (κ1) is 49.9. The third-order valence-electron chi connectivity index (χ3n) is 9.71. The van der Waals surface area contributed by atoms with Gasteiger partial charge in [-0.3, -0.25) is 29.6 Å². The second kappa shape index (κ2) is 21.4. The number of imide groups is 1. The van der Waals surface area contributed by atoms with Crippen LogP contribution in [0.25, 0.3) is 10.9 Å². The van der Waals surface area contributed by atoms with E-state index in [1.165, 1.54) is 31.1 Å². The van der Waals surface area contributed by atoms with E-state index in [4.69, 9.17) is 42.4 Å². The number of carboxylic acid groups (broad SMARTS) is 2. The van der Waals surface area contributed by atoms with Gasteiger partial charge in [0.05, 0.1) is 35.6 Å². The number of carbonyl (C=O) groups is 6. The molecular formula is C43H35ClFIN8O13S. The number of methoxy groups -OCH3 is 1. The molecule has 0 radical (unpaired) electrons. The van der Waals surface area contributed by atoms with E-state index in [0.29, 0.717) is 43.8 Å². The molecule has 3 aliphatic rings. The van der Waals surface area contributed by atoms with Crippen molar-refractivity contribution in [2.24, 2.45) is 0 Å². The molecule has 21 nitrogen and oxygen atoms in total. The summed E-state index contributed by atoms with van der Waals surface area (Å²) in [5.74, 6) is -1.64. The molecule has 0 saturated carbocycles. The predicted molar refractivity (Wildman–Crippen MR) is 248 cm³/mol. The normalized spacial score (nSPS) is 14.0. The van der Waals surface area contributed by atoms with Gasteiger partial charge in [-0.15, -0.1) is 6.42 Å². The number of aliphatic carboxylic acids is 1. The Balaban J connectivity index is 0.000000173. The summed E-state index contributed by atoms with van der Waals surface area (Å²) in [6.07, 6.45) is 9.61.